The van der Waals surface area contributed by atoms with Crippen LogP contribution in [0.1, 0.15) is 30.4 Å². The molecule has 10 nitrogen and oxygen atoms in total. The number of nitrogens with one attached hydrogen (secondary N) is 2. The van der Waals surface area contributed by atoms with Crippen LogP contribution in [0.4, 0.5) is 5.69 Å². The molecule has 1 aliphatic heterocycles. The average molecular weight is 425 g/mol. The number of carbonyl (C=O) groups excluding carboxylic acids is 2. The van der Waals surface area contributed by atoms with Crippen molar-refractivity contribution in [3.63, 3.8) is 0 Å². The van der Waals surface area contributed by atoms with E-state index in [-0.39, 0.29) is 75.9 Å². The fourth-order valence-corrected chi connectivity index (χ4v) is 2.45. The molecule has 0 radical (unpaired) electrons. The van der Waals surface area contributed by atoms with Crippen molar-refractivity contribution in [3.05, 3.63) is 42.0 Å². The van der Waals surface area contributed by atoms with E-state index in [4.69, 9.17) is 15.2 Å². The predicted molar refractivity (Wildman–Crippen MR) is 99.7 cm³/mol. The summed E-state index contributed by atoms with van der Waals surface area (Å²) in [5.74, 6) is -0.0618. The molecule has 1 aromatic carbocycles. The van der Waals surface area contributed by atoms with Crippen molar-refractivity contribution < 1.29 is 75.6 Å². The minimum Gasteiger partial charge on any atom is -0.543 e. The van der Waals surface area contributed by atoms with Crippen molar-refractivity contribution in [1.29, 1.82) is 0 Å². The summed E-state index contributed by atoms with van der Waals surface area (Å²) in [6, 6.07) is 5.72. The van der Waals surface area contributed by atoms with E-state index in [0.717, 1.165) is 23.4 Å². The minimum absolute atomic E-state index is 0. The summed E-state index contributed by atoms with van der Waals surface area (Å²) in [6.45, 7) is 2.21. The van der Waals surface area contributed by atoms with Gasteiger partial charge in [-0.3, -0.25) is 4.79 Å². The van der Waals surface area contributed by atoms with Crippen LogP contribution < -0.4 is 77.0 Å². The van der Waals surface area contributed by atoms with Crippen LogP contribution in [-0.2, 0) is 11.3 Å². The molecule has 0 atom stereocenters. The van der Waals surface area contributed by atoms with Gasteiger partial charge in [0.2, 0.25) is 12.7 Å². The number of carboxylic acids is 1. The summed E-state index contributed by atoms with van der Waals surface area (Å²) < 4.78 is 10.3. The van der Waals surface area contributed by atoms with Crippen LogP contribution in [0.5, 0.6) is 11.5 Å². The van der Waals surface area contributed by atoms with Gasteiger partial charge in [0.25, 0.3) is 0 Å². The summed E-state index contributed by atoms with van der Waals surface area (Å²) in [4.78, 5) is 31.8. The molecule has 3 aromatic rings. The Bertz CT molecular complexity index is 1010. The van der Waals surface area contributed by atoms with Crippen molar-refractivity contribution in [1.82, 2.24) is 15.0 Å². The van der Waals surface area contributed by atoms with Gasteiger partial charge < -0.3 is 35.4 Å². The van der Waals surface area contributed by atoms with Crippen LogP contribution in [0.3, 0.4) is 0 Å². The Balaban J connectivity index is 0.000000286. The molecule has 2 aromatic heterocycles. The van der Waals surface area contributed by atoms with E-state index in [0.29, 0.717) is 24.5 Å². The van der Waals surface area contributed by atoms with Crippen LogP contribution in [-0.4, -0.2) is 33.6 Å². The third kappa shape index (κ3) is 5.98. The summed E-state index contributed by atoms with van der Waals surface area (Å²) in [5, 5.41) is 13.3. The SMILES string of the molecule is C.CC(=O)Nc1c[nH]c2c(C(=O)[O-])ncnc12.NCc1ccc2c(c1)OCO2.[K+]. The molecule has 4 N–H and O–H groups in total. The molecule has 1 aliphatic rings. The van der Waals surface area contributed by atoms with Gasteiger partial charge >= 0.3 is 51.4 Å². The number of benzene rings is 1. The number of nitrogens with two attached hydrogens (primary N) is 1. The first-order valence-electron chi connectivity index (χ1n) is 7.89. The number of ether oxygens (including phenoxy) is 2. The fourth-order valence-electron chi connectivity index (χ4n) is 2.45. The van der Waals surface area contributed by atoms with Crippen LogP contribution in [0.15, 0.2) is 30.7 Å². The van der Waals surface area contributed by atoms with Crippen LogP contribution in [0.2, 0.25) is 0 Å². The van der Waals surface area contributed by atoms with E-state index < -0.39 is 5.97 Å². The molecule has 29 heavy (non-hydrogen) atoms. The Hall–Kier alpha value is -2.02. The van der Waals surface area contributed by atoms with Crippen LogP contribution in [0.25, 0.3) is 11.0 Å². The Labute approximate surface area is 209 Å². The molecule has 148 valence electrons. The third-order valence-corrected chi connectivity index (χ3v) is 3.64. The number of aromatic nitrogens is 3. The van der Waals surface area contributed by atoms with E-state index in [2.05, 4.69) is 20.3 Å². The second kappa shape index (κ2) is 11.2. The molecule has 1 amide bonds. The van der Waals surface area contributed by atoms with Crippen molar-refractivity contribution in [2.24, 2.45) is 5.73 Å². The quantitative estimate of drug-likeness (QED) is 0.399. The van der Waals surface area contributed by atoms with Crippen molar-refractivity contribution in [2.75, 3.05) is 12.1 Å². The zero-order chi connectivity index (χ0) is 19.4. The molecule has 0 saturated carbocycles. The molecule has 0 bridgehead atoms. The van der Waals surface area contributed by atoms with Gasteiger partial charge in [0, 0.05) is 19.7 Å². The average Bonchev–Trinajstić information content (AvgIpc) is 3.28. The number of anilines is 1. The van der Waals surface area contributed by atoms with Gasteiger partial charge in [-0.15, -0.1) is 0 Å². The molecule has 0 fully saturated rings. The molecule has 3 heterocycles. The number of rotatable bonds is 3. The van der Waals surface area contributed by atoms with Gasteiger partial charge in [0.15, 0.2) is 11.5 Å². The second-order valence-corrected chi connectivity index (χ2v) is 5.51. The number of nitrogens with zero attached hydrogens (tertiary/aromatic N) is 2. The number of hydrogen-bond donors (Lipinski definition) is 3. The number of carboxylic acid groups (broad SMARTS) is 1. The first-order chi connectivity index (χ1) is 13.0. The molecule has 0 aliphatic carbocycles. The zero-order valence-electron chi connectivity index (χ0n) is 15.3. The first kappa shape index (κ1) is 25.0. The van der Waals surface area contributed by atoms with Gasteiger partial charge in [-0.25, -0.2) is 9.97 Å². The van der Waals surface area contributed by atoms with E-state index in [1.54, 1.807) is 0 Å². The molecular weight excluding hydrogens is 405 g/mol. The smallest absolute Gasteiger partial charge is 0.543 e. The number of carbonyl (C=O) groups is 2. The topological polar surface area (TPSA) is 155 Å². The van der Waals surface area contributed by atoms with E-state index in [9.17, 15) is 14.7 Å². The predicted octanol–water partition coefficient (Wildman–Crippen LogP) is -2.21. The number of hydrogen-bond acceptors (Lipinski definition) is 8. The first-order valence-corrected chi connectivity index (χ1v) is 7.89. The monoisotopic (exact) mass is 425 g/mol. The normalized spacial score (nSPS) is 10.8. The van der Waals surface area contributed by atoms with Crippen LogP contribution >= 0.6 is 0 Å². The van der Waals surface area contributed by atoms with E-state index >= 15 is 0 Å². The van der Waals surface area contributed by atoms with Gasteiger partial charge in [-0.2, -0.15) is 0 Å². The number of aromatic carboxylic acids is 1. The summed E-state index contributed by atoms with van der Waals surface area (Å²) in [5.41, 5.74) is 7.25. The van der Waals surface area contributed by atoms with Gasteiger partial charge in [0.05, 0.1) is 17.2 Å². The minimum atomic E-state index is -1.40. The Morgan fingerprint density at radius 2 is 2.00 bits per heavy atom. The van der Waals surface area contributed by atoms with Crippen molar-refractivity contribution in [3.8, 4) is 11.5 Å². The van der Waals surface area contributed by atoms with Crippen molar-refractivity contribution in [2.45, 2.75) is 20.9 Å². The maximum atomic E-state index is 10.9. The molecule has 0 spiro atoms. The number of H-pyrrole nitrogens is 1. The largest absolute Gasteiger partial charge is 1.00 e. The molecular formula is C18H20KN5O5. The summed E-state index contributed by atoms with van der Waals surface area (Å²) in [7, 11) is 0. The Morgan fingerprint density at radius 1 is 1.28 bits per heavy atom. The van der Waals surface area contributed by atoms with Crippen LogP contribution in [0, 0.1) is 0 Å². The fraction of sp³-hybridized carbons (Fsp3) is 0.222. The van der Waals surface area contributed by atoms with Gasteiger partial charge in [-0.05, 0) is 17.7 Å². The molecule has 11 heteroatoms. The maximum absolute atomic E-state index is 10.9. The second-order valence-electron chi connectivity index (χ2n) is 5.51. The standard InChI is InChI=1S/C9H8N4O3.C8H9NO2.CH4.K/c1-4(14)13-5-2-10-7-6(5)11-3-12-8(7)9(15)16;9-4-6-1-2-7-8(3-6)11-5-10-7;;/h2-3,10H,1H3,(H,13,14)(H,15,16);1-3H,4-5,9H2;1H4;/q;;;+1/p-1. The number of aromatic amines is 1. The number of fused-ring (bicyclic) bond motifs is 2. The Morgan fingerprint density at radius 3 is 2.66 bits per heavy atom. The zero-order valence-corrected chi connectivity index (χ0v) is 18.4. The molecule has 0 saturated heterocycles. The molecule has 0 unspecified atom stereocenters. The molecule has 4 rings (SSSR count). The van der Waals surface area contributed by atoms with Gasteiger partial charge in [0.1, 0.15) is 17.5 Å². The Kier molecular flexibility index (Phi) is 9.69. The maximum Gasteiger partial charge on any atom is 1.00 e. The van der Waals surface area contributed by atoms with Gasteiger partial charge in [-0.1, -0.05) is 13.5 Å². The third-order valence-electron chi connectivity index (χ3n) is 3.64. The summed E-state index contributed by atoms with van der Waals surface area (Å²) in [6.07, 6.45) is 2.56. The van der Waals surface area contributed by atoms with E-state index in [1.807, 2.05) is 18.2 Å². The summed E-state index contributed by atoms with van der Waals surface area (Å²) >= 11 is 0. The van der Waals surface area contributed by atoms with Crippen molar-refractivity contribution >= 4 is 28.6 Å². The number of amides is 1. The van der Waals surface area contributed by atoms with E-state index in [1.165, 1.54) is 13.1 Å².